The number of para-hydroxylation sites is 1. The molecular formula is C21H30N4O3. The van der Waals surface area contributed by atoms with Crippen LogP contribution in [0.2, 0.25) is 0 Å². The van der Waals surface area contributed by atoms with Gasteiger partial charge in [-0.2, -0.15) is 0 Å². The van der Waals surface area contributed by atoms with Crippen LogP contribution >= 0.6 is 0 Å². The minimum atomic E-state index is 0.0239. The number of hydrazine groups is 1. The summed E-state index contributed by atoms with van der Waals surface area (Å²) < 4.78 is 5.62. The number of fused-ring (bicyclic) bond motifs is 1. The second-order valence-corrected chi connectivity index (χ2v) is 8.12. The van der Waals surface area contributed by atoms with E-state index >= 15 is 0 Å². The van der Waals surface area contributed by atoms with Crippen molar-refractivity contribution in [2.24, 2.45) is 11.8 Å². The summed E-state index contributed by atoms with van der Waals surface area (Å²) in [5.41, 5.74) is 6.11. The zero-order valence-electron chi connectivity index (χ0n) is 16.2. The largest absolute Gasteiger partial charge is 0.484 e. The van der Waals surface area contributed by atoms with E-state index in [0.29, 0.717) is 24.8 Å². The molecule has 1 aromatic carbocycles. The van der Waals surface area contributed by atoms with Crippen LogP contribution in [-0.4, -0.2) is 55.0 Å². The van der Waals surface area contributed by atoms with Gasteiger partial charge in [-0.15, -0.1) is 0 Å². The first-order chi connectivity index (χ1) is 13.7. The Morgan fingerprint density at radius 1 is 1.18 bits per heavy atom. The molecule has 1 saturated carbocycles. The van der Waals surface area contributed by atoms with Gasteiger partial charge in [-0.25, -0.2) is 5.43 Å². The van der Waals surface area contributed by atoms with Crippen LogP contribution in [0.1, 0.15) is 32.1 Å². The number of hydrogen-bond acceptors (Lipinski definition) is 5. The van der Waals surface area contributed by atoms with E-state index in [0.717, 1.165) is 32.2 Å². The van der Waals surface area contributed by atoms with Gasteiger partial charge < -0.3 is 15.0 Å². The van der Waals surface area contributed by atoms with E-state index in [-0.39, 0.29) is 36.4 Å². The van der Waals surface area contributed by atoms with Gasteiger partial charge in [0.1, 0.15) is 5.75 Å². The Labute approximate surface area is 166 Å². The molecule has 4 atom stereocenters. The predicted octanol–water partition coefficient (Wildman–Crippen LogP) is 1.07. The van der Waals surface area contributed by atoms with E-state index in [9.17, 15) is 9.59 Å². The average Bonchev–Trinajstić information content (AvgIpc) is 2.75. The summed E-state index contributed by atoms with van der Waals surface area (Å²) in [5.74, 6) is 1.42. The molecule has 0 radical (unpaired) electrons. The Kier molecular flexibility index (Phi) is 6.12. The van der Waals surface area contributed by atoms with Crippen LogP contribution in [0.3, 0.4) is 0 Å². The molecule has 3 N–H and O–H groups in total. The molecule has 3 fully saturated rings. The molecule has 1 aromatic rings. The number of carbonyl (C=O) groups is 2. The SMILES string of the molecule is O=C1NNC(CC2CN(C(=O)COc3ccccc3)CCN2)C2CCCCC12. The predicted molar refractivity (Wildman–Crippen MR) is 105 cm³/mol. The fourth-order valence-electron chi connectivity index (χ4n) is 4.83. The molecule has 2 amide bonds. The first kappa shape index (κ1) is 19.2. The van der Waals surface area contributed by atoms with Crippen molar-refractivity contribution < 1.29 is 14.3 Å². The van der Waals surface area contributed by atoms with Crippen LogP contribution in [0.15, 0.2) is 30.3 Å². The fraction of sp³-hybridized carbons (Fsp3) is 0.619. The third kappa shape index (κ3) is 4.47. The van der Waals surface area contributed by atoms with Crippen molar-refractivity contribution in [2.75, 3.05) is 26.2 Å². The fourth-order valence-corrected chi connectivity index (χ4v) is 4.83. The number of carbonyl (C=O) groups excluding carboxylic acids is 2. The highest BCUT2D eigenvalue weighted by Crippen LogP contribution is 2.35. The normalized spacial score (nSPS) is 30.3. The molecule has 2 saturated heterocycles. The van der Waals surface area contributed by atoms with Crippen molar-refractivity contribution in [3.05, 3.63) is 30.3 Å². The Morgan fingerprint density at radius 3 is 2.86 bits per heavy atom. The standard InChI is InChI=1S/C21H30N4O3/c26-20(14-28-16-6-2-1-3-7-16)25-11-10-22-15(13-25)12-19-17-8-4-5-9-18(17)21(27)24-23-19/h1-3,6-7,15,17-19,22-23H,4-5,8-14H2,(H,24,27). The first-order valence-corrected chi connectivity index (χ1v) is 10.4. The summed E-state index contributed by atoms with van der Waals surface area (Å²) in [5, 5.41) is 3.54. The number of benzene rings is 1. The number of nitrogens with zero attached hydrogens (tertiary/aromatic N) is 1. The maximum absolute atomic E-state index is 12.6. The van der Waals surface area contributed by atoms with Gasteiger partial charge in [-0.3, -0.25) is 15.0 Å². The van der Waals surface area contributed by atoms with E-state index in [4.69, 9.17) is 4.74 Å². The lowest BCUT2D eigenvalue weighted by atomic mass is 9.72. The van der Waals surface area contributed by atoms with Crippen molar-refractivity contribution >= 4 is 11.8 Å². The second kappa shape index (κ2) is 8.92. The maximum atomic E-state index is 12.6. The maximum Gasteiger partial charge on any atom is 0.260 e. The van der Waals surface area contributed by atoms with Crippen LogP contribution < -0.4 is 20.9 Å². The monoisotopic (exact) mass is 386 g/mol. The van der Waals surface area contributed by atoms with E-state index in [1.165, 1.54) is 6.42 Å². The van der Waals surface area contributed by atoms with Crippen molar-refractivity contribution in [3.63, 3.8) is 0 Å². The number of piperazine rings is 1. The highest BCUT2D eigenvalue weighted by atomic mass is 16.5. The van der Waals surface area contributed by atoms with Crippen LogP contribution in [0, 0.1) is 11.8 Å². The molecule has 0 spiro atoms. The molecule has 7 heteroatoms. The molecule has 2 aliphatic heterocycles. The summed E-state index contributed by atoms with van der Waals surface area (Å²) in [6.45, 7) is 2.24. The molecule has 152 valence electrons. The third-order valence-corrected chi connectivity index (χ3v) is 6.31. The lowest BCUT2D eigenvalue weighted by Gasteiger charge is -2.43. The van der Waals surface area contributed by atoms with Crippen molar-refractivity contribution in [1.82, 2.24) is 21.1 Å². The van der Waals surface area contributed by atoms with E-state index in [1.54, 1.807) is 0 Å². The molecule has 4 rings (SSSR count). The second-order valence-electron chi connectivity index (χ2n) is 8.12. The minimum absolute atomic E-state index is 0.0239. The molecule has 4 unspecified atom stereocenters. The lowest BCUT2D eigenvalue weighted by molar-refractivity contribution is -0.134. The molecule has 0 aromatic heterocycles. The van der Waals surface area contributed by atoms with Crippen LogP contribution in [0.25, 0.3) is 0 Å². The minimum Gasteiger partial charge on any atom is -0.484 e. The molecule has 28 heavy (non-hydrogen) atoms. The Balaban J connectivity index is 1.29. The smallest absolute Gasteiger partial charge is 0.260 e. The van der Waals surface area contributed by atoms with Gasteiger partial charge in [0.2, 0.25) is 5.91 Å². The van der Waals surface area contributed by atoms with Gasteiger partial charge in [-0.1, -0.05) is 31.0 Å². The Morgan fingerprint density at radius 2 is 2.00 bits per heavy atom. The number of nitrogens with one attached hydrogen (secondary N) is 3. The molecular weight excluding hydrogens is 356 g/mol. The Bertz CT molecular complexity index is 683. The first-order valence-electron chi connectivity index (χ1n) is 10.4. The van der Waals surface area contributed by atoms with Gasteiger partial charge in [0.25, 0.3) is 5.91 Å². The van der Waals surface area contributed by atoms with E-state index in [1.807, 2.05) is 35.2 Å². The number of rotatable bonds is 5. The topological polar surface area (TPSA) is 82.7 Å². The summed E-state index contributed by atoms with van der Waals surface area (Å²) in [6.07, 6.45) is 5.36. The van der Waals surface area contributed by atoms with Gasteiger partial charge in [0.05, 0.1) is 0 Å². The summed E-state index contributed by atoms with van der Waals surface area (Å²) in [6, 6.07) is 9.92. The zero-order valence-corrected chi connectivity index (χ0v) is 16.2. The quantitative estimate of drug-likeness (QED) is 0.705. The molecule has 0 bridgehead atoms. The van der Waals surface area contributed by atoms with Gasteiger partial charge in [0, 0.05) is 37.6 Å². The van der Waals surface area contributed by atoms with Gasteiger partial charge >= 0.3 is 0 Å². The zero-order chi connectivity index (χ0) is 19.3. The molecule has 1 aliphatic carbocycles. The highest BCUT2D eigenvalue weighted by molar-refractivity contribution is 5.79. The summed E-state index contributed by atoms with van der Waals surface area (Å²) >= 11 is 0. The van der Waals surface area contributed by atoms with Crippen LogP contribution in [0.5, 0.6) is 5.75 Å². The third-order valence-electron chi connectivity index (χ3n) is 6.31. The average molecular weight is 386 g/mol. The molecule has 3 aliphatic rings. The van der Waals surface area contributed by atoms with Crippen molar-refractivity contribution in [2.45, 2.75) is 44.2 Å². The molecule has 2 heterocycles. The lowest BCUT2D eigenvalue weighted by Crippen LogP contribution is -2.62. The number of ether oxygens (including phenoxy) is 1. The molecule has 7 nitrogen and oxygen atoms in total. The van der Waals surface area contributed by atoms with Crippen molar-refractivity contribution in [3.8, 4) is 5.75 Å². The van der Waals surface area contributed by atoms with Gasteiger partial charge in [-0.05, 0) is 37.3 Å². The van der Waals surface area contributed by atoms with Crippen LogP contribution in [-0.2, 0) is 9.59 Å². The Hall–Kier alpha value is -2.12. The number of hydrogen-bond donors (Lipinski definition) is 3. The van der Waals surface area contributed by atoms with E-state index < -0.39 is 0 Å². The van der Waals surface area contributed by atoms with Gasteiger partial charge in [0.15, 0.2) is 6.61 Å². The van der Waals surface area contributed by atoms with E-state index in [2.05, 4.69) is 16.2 Å². The van der Waals surface area contributed by atoms with Crippen molar-refractivity contribution in [1.29, 1.82) is 0 Å². The van der Waals surface area contributed by atoms with Crippen LogP contribution in [0.4, 0.5) is 0 Å². The number of amides is 2. The highest BCUT2D eigenvalue weighted by Gasteiger charge is 2.41. The summed E-state index contributed by atoms with van der Waals surface area (Å²) in [4.78, 5) is 26.6. The summed E-state index contributed by atoms with van der Waals surface area (Å²) in [7, 11) is 0.